The maximum absolute atomic E-state index is 13.3. The van der Waals surface area contributed by atoms with Gasteiger partial charge in [0.15, 0.2) is 0 Å². The Bertz CT molecular complexity index is 1050. The number of rotatable bonds is 8. The van der Waals surface area contributed by atoms with Gasteiger partial charge in [-0.2, -0.15) is 0 Å². The first-order chi connectivity index (χ1) is 14.2. The van der Waals surface area contributed by atoms with Gasteiger partial charge in [-0.3, -0.25) is 0 Å². The fourth-order valence-electron chi connectivity index (χ4n) is 3.31. The van der Waals surface area contributed by atoms with E-state index in [0.29, 0.717) is 4.90 Å². The monoisotopic (exact) mass is 455 g/mol. The Kier molecular flexibility index (Phi) is 7.24. The van der Waals surface area contributed by atoms with Gasteiger partial charge in [-0.25, -0.2) is 13.1 Å². The summed E-state index contributed by atoms with van der Waals surface area (Å²) in [7, 11) is -5.45. The van der Waals surface area contributed by atoms with Crippen LogP contribution in [-0.4, -0.2) is 21.4 Å². The van der Waals surface area contributed by atoms with E-state index in [2.05, 4.69) is 36.5 Å². The summed E-state index contributed by atoms with van der Waals surface area (Å²) in [5, 5.41) is 0. The average molecular weight is 456 g/mol. The quantitative estimate of drug-likeness (QED) is 0.332. The fraction of sp³-hybridized carbons (Fsp3) is 0.250. The summed E-state index contributed by atoms with van der Waals surface area (Å²) in [6.45, 7) is 8.84. The van der Waals surface area contributed by atoms with Crippen molar-refractivity contribution in [2.24, 2.45) is 0 Å². The largest absolute Gasteiger partial charge is 0.241 e. The Morgan fingerprint density at radius 3 is 1.87 bits per heavy atom. The van der Waals surface area contributed by atoms with Crippen LogP contribution < -0.4 is 4.72 Å². The molecule has 0 unspecified atom stereocenters. The van der Waals surface area contributed by atoms with Crippen molar-refractivity contribution in [2.75, 3.05) is 0 Å². The molecule has 3 aromatic carbocycles. The Balaban J connectivity index is 2.03. The Morgan fingerprint density at radius 2 is 1.33 bits per heavy atom. The predicted octanol–water partition coefficient (Wildman–Crippen LogP) is 6.05. The molecule has 30 heavy (non-hydrogen) atoms. The average Bonchev–Trinajstić information content (AvgIpc) is 2.71. The van der Waals surface area contributed by atoms with E-state index in [1.807, 2.05) is 67.6 Å². The minimum absolute atomic E-state index is 0.113. The summed E-state index contributed by atoms with van der Waals surface area (Å²) in [6, 6.07) is 26.9. The molecule has 0 heterocycles. The highest BCUT2D eigenvalue weighted by molar-refractivity contribution is 8.01. The van der Waals surface area contributed by atoms with Crippen molar-refractivity contribution in [1.29, 1.82) is 0 Å². The first kappa shape index (κ1) is 22.8. The molecular weight excluding hydrogens is 426 g/mol. The van der Waals surface area contributed by atoms with Crippen molar-refractivity contribution in [1.82, 2.24) is 4.72 Å². The van der Waals surface area contributed by atoms with Crippen LogP contribution >= 0.6 is 11.8 Å². The van der Waals surface area contributed by atoms with E-state index >= 15 is 0 Å². The number of thioether (sulfide) groups is 1. The standard InChI is InChI=1S/C24H29NO2S2Si/c1-19-15-17-22(18-16-19)29(26,27)25-23(20-11-7-5-8-12-20)24(30(2,3)4)28-21-13-9-6-10-14-21/h5-18,23-25H,1-4H3/t23-,24-/m1/s1. The highest BCUT2D eigenvalue weighted by atomic mass is 32.2. The SMILES string of the molecule is Cc1ccc(S(=O)(=O)N[C@H](c2ccccc2)[C@H](Sc2ccccc2)[Si](C)(C)C)cc1. The zero-order chi connectivity index (χ0) is 21.8. The van der Waals surface area contributed by atoms with Crippen molar-refractivity contribution >= 4 is 29.9 Å². The van der Waals surface area contributed by atoms with Crippen molar-refractivity contribution in [3.8, 4) is 0 Å². The molecule has 1 N–H and O–H groups in total. The van der Waals surface area contributed by atoms with Gasteiger partial charge < -0.3 is 0 Å². The second-order valence-corrected chi connectivity index (χ2v) is 17.2. The molecular formula is C24H29NO2S2Si. The maximum Gasteiger partial charge on any atom is 0.241 e. The lowest BCUT2D eigenvalue weighted by molar-refractivity contribution is 0.563. The number of hydrogen-bond acceptors (Lipinski definition) is 3. The van der Waals surface area contributed by atoms with E-state index in [9.17, 15) is 8.42 Å². The molecule has 6 heteroatoms. The van der Waals surface area contributed by atoms with Crippen LogP contribution in [0.2, 0.25) is 19.6 Å². The van der Waals surface area contributed by atoms with Crippen molar-refractivity contribution < 1.29 is 8.42 Å². The normalized spacial score (nSPS) is 14.3. The van der Waals surface area contributed by atoms with Gasteiger partial charge in [0.25, 0.3) is 0 Å². The smallest absolute Gasteiger partial charge is 0.207 e. The van der Waals surface area contributed by atoms with Gasteiger partial charge in [0.1, 0.15) is 0 Å². The molecule has 0 bridgehead atoms. The summed E-state index contributed by atoms with van der Waals surface area (Å²) >= 11 is 1.77. The van der Waals surface area contributed by atoms with Crippen LogP contribution in [0.15, 0.2) is 94.7 Å². The summed E-state index contributed by atoms with van der Waals surface area (Å²) < 4.78 is 29.7. The minimum atomic E-state index is -3.66. The highest BCUT2D eigenvalue weighted by Gasteiger charge is 2.38. The summed E-state index contributed by atoms with van der Waals surface area (Å²) in [5.74, 6) is 0. The molecule has 2 atom stereocenters. The van der Waals surface area contributed by atoms with Crippen LogP contribution in [0.4, 0.5) is 0 Å². The molecule has 0 aliphatic carbocycles. The number of benzene rings is 3. The molecule has 0 aromatic heterocycles. The molecule has 0 spiro atoms. The van der Waals surface area contributed by atoms with Crippen LogP contribution in [0.3, 0.4) is 0 Å². The van der Waals surface area contributed by atoms with Crippen LogP contribution in [0.1, 0.15) is 17.2 Å². The third-order valence-corrected chi connectivity index (χ3v) is 12.0. The lowest BCUT2D eigenvalue weighted by Crippen LogP contribution is -2.47. The first-order valence-electron chi connectivity index (χ1n) is 10.0. The van der Waals surface area contributed by atoms with Crippen LogP contribution in [0, 0.1) is 6.92 Å². The lowest BCUT2D eigenvalue weighted by atomic mass is 10.1. The number of aryl methyl sites for hydroxylation is 1. The predicted molar refractivity (Wildman–Crippen MR) is 130 cm³/mol. The van der Waals surface area contributed by atoms with E-state index in [4.69, 9.17) is 0 Å². The molecule has 3 nitrogen and oxygen atoms in total. The molecule has 0 fully saturated rings. The Hall–Kier alpha value is -1.86. The number of nitrogens with one attached hydrogen (secondary N) is 1. The molecule has 0 saturated heterocycles. The van der Waals surface area contributed by atoms with Crippen LogP contribution in [-0.2, 0) is 10.0 Å². The highest BCUT2D eigenvalue weighted by Crippen LogP contribution is 2.38. The first-order valence-corrected chi connectivity index (χ1v) is 16.0. The molecule has 0 amide bonds. The van der Waals surface area contributed by atoms with Crippen molar-refractivity contribution in [2.45, 2.75) is 47.3 Å². The van der Waals surface area contributed by atoms with Gasteiger partial charge in [0, 0.05) is 9.77 Å². The van der Waals surface area contributed by atoms with Gasteiger partial charge in [-0.1, -0.05) is 85.9 Å². The van der Waals surface area contributed by atoms with E-state index < -0.39 is 18.1 Å². The minimum Gasteiger partial charge on any atom is -0.207 e. The topological polar surface area (TPSA) is 46.2 Å². The number of hydrogen-bond donors (Lipinski definition) is 1. The Morgan fingerprint density at radius 1 is 0.800 bits per heavy atom. The maximum atomic E-state index is 13.3. The molecule has 0 aliphatic heterocycles. The van der Waals surface area contributed by atoms with Gasteiger partial charge in [0.2, 0.25) is 10.0 Å². The van der Waals surface area contributed by atoms with E-state index in [0.717, 1.165) is 16.0 Å². The Labute approximate surface area is 186 Å². The molecule has 158 valence electrons. The molecule has 0 radical (unpaired) electrons. The van der Waals surface area contributed by atoms with Gasteiger partial charge >= 0.3 is 0 Å². The molecule has 0 aliphatic rings. The van der Waals surface area contributed by atoms with Crippen LogP contribution in [0.25, 0.3) is 0 Å². The zero-order valence-electron chi connectivity index (χ0n) is 17.9. The second kappa shape index (κ2) is 9.52. The van der Waals surface area contributed by atoms with E-state index in [1.165, 1.54) is 0 Å². The number of sulfonamides is 1. The fourth-order valence-corrected chi connectivity index (χ4v) is 8.82. The van der Waals surface area contributed by atoms with E-state index in [-0.39, 0.29) is 10.9 Å². The van der Waals surface area contributed by atoms with Gasteiger partial charge in [-0.15, -0.1) is 11.8 Å². The van der Waals surface area contributed by atoms with Crippen LogP contribution in [0.5, 0.6) is 0 Å². The lowest BCUT2D eigenvalue weighted by Gasteiger charge is -2.36. The molecule has 3 aromatic rings. The summed E-state index contributed by atoms with van der Waals surface area (Å²) in [5.41, 5.74) is 2.03. The van der Waals surface area contributed by atoms with Crippen molar-refractivity contribution in [3.05, 3.63) is 96.1 Å². The molecule has 3 rings (SSSR count). The summed E-state index contributed by atoms with van der Waals surface area (Å²) in [4.78, 5) is 1.57. The summed E-state index contributed by atoms with van der Waals surface area (Å²) in [6.07, 6.45) is 0. The second-order valence-electron chi connectivity index (χ2n) is 8.54. The third-order valence-electron chi connectivity index (χ3n) is 4.93. The van der Waals surface area contributed by atoms with E-state index in [1.54, 1.807) is 23.9 Å². The van der Waals surface area contributed by atoms with Gasteiger partial charge in [0.05, 0.1) is 19.0 Å². The third kappa shape index (κ3) is 5.85. The van der Waals surface area contributed by atoms with Gasteiger partial charge in [-0.05, 0) is 36.8 Å². The zero-order valence-corrected chi connectivity index (χ0v) is 20.5. The molecule has 0 saturated carbocycles. The van der Waals surface area contributed by atoms with Crippen molar-refractivity contribution in [3.63, 3.8) is 0 Å².